The van der Waals surface area contributed by atoms with Gasteiger partial charge in [-0.1, -0.05) is 13.8 Å². The van der Waals surface area contributed by atoms with Gasteiger partial charge >= 0.3 is 0 Å². The number of rotatable bonds is 2. The van der Waals surface area contributed by atoms with Crippen molar-refractivity contribution in [3.05, 3.63) is 29.3 Å². The van der Waals surface area contributed by atoms with Crippen molar-refractivity contribution >= 4 is 5.69 Å². The molecular formula is C14H20F2N2. The second kappa shape index (κ2) is 4.84. The van der Waals surface area contributed by atoms with Crippen molar-refractivity contribution in [1.82, 2.24) is 0 Å². The summed E-state index contributed by atoms with van der Waals surface area (Å²) in [6.07, 6.45) is 1.90. The average molecular weight is 254 g/mol. The Morgan fingerprint density at radius 1 is 1.17 bits per heavy atom. The van der Waals surface area contributed by atoms with E-state index in [-0.39, 0.29) is 17.6 Å². The maximum atomic E-state index is 13.9. The molecule has 1 fully saturated rings. The van der Waals surface area contributed by atoms with Gasteiger partial charge in [0.05, 0.1) is 0 Å². The maximum Gasteiger partial charge on any atom is 0.149 e. The summed E-state index contributed by atoms with van der Waals surface area (Å²) in [7, 11) is 0. The minimum Gasteiger partial charge on any atom is -0.367 e. The minimum atomic E-state index is -0.504. The van der Waals surface area contributed by atoms with E-state index in [9.17, 15) is 8.78 Å². The lowest BCUT2D eigenvalue weighted by Gasteiger charge is -2.38. The smallest absolute Gasteiger partial charge is 0.149 e. The van der Waals surface area contributed by atoms with Gasteiger partial charge in [0.2, 0.25) is 0 Å². The summed E-state index contributed by atoms with van der Waals surface area (Å²) in [6.45, 7) is 5.93. The number of anilines is 1. The normalized spacial score (nSPS) is 19.1. The van der Waals surface area contributed by atoms with E-state index in [1.54, 1.807) is 4.90 Å². The molecule has 0 unspecified atom stereocenters. The lowest BCUT2D eigenvalue weighted by atomic mass is 9.82. The fraction of sp³-hybridized carbons (Fsp3) is 0.571. The zero-order valence-corrected chi connectivity index (χ0v) is 11.0. The van der Waals surface area contributed by atoms with Gasteiger partial charge in [0.1, 0.15) is 17.3 Å². The van der Waals surface area contributed by atoms with Crippen molar-refractivity contribution < 1.29 is 8.78 Å². The zero-order valence-electron chi connectivity index (χ0n) is 11.0. The SMILES string of the molecule is CC1(C)CCN(c2c(F)cc(CN)cc2F)CC1. The average Bonchev–Trinajstić information content (AvgIpc) is 2.30. The number of hydrogen-bond acceptors (Lipinski definition) is 2. The van der Waals surface area contributed by atoms with Gasteiger partial charge in [0.25, 0.3) is 0 Å². The summed E-state index contributed by atoms with van der Waals surface area (Å²) in [6, 6.07) is 2.66. The van der Waals surface area contributed by atoms with E-state index in [1.165, 1.54) is 12.1 Å². The van der Waals surface area contributed by atoms with E-state index in [0.29, 0.717) is 18.7 Å². The van der Waals surface area contributed by atoms with Gasteiger partial charge in [-0.15, -0.1) is 0 Å². The molecule has 1 aliphatic heterocycles. The highest BCUT2D eigenvalue weighted by Crippen LogP contribution is 2.34. The quantitative estimate of drug-likeness (QED) is 0.879. The van der Waals surface area contributed by atoms with E-state index in [0.717, 1.165) is 12.8 Å². The monoisotopic (exact) mass is 254 g/mol. The molecule has 0 aromatic heterocycles. The highest BCUT2D eigenvalue weighted by atomic mass is 19.1. The molecule has 18 heavy (non-hydrogen) atoms. The van der Waals surface area contributed by atoms with Crippen LogP contribution in [0.25, 0.3) is 0 Å². The summed E-state index contributed by atoms with van der Waals surface area (Å²) < 4.78 is 27.9. The van der Waals surface area contributed by atoms with Crippen LogP contribution < -0.4 is 10.6 Å². The predicted molar refractivity (Wildman–Crippen MR) is 69.5 cm³/mol. The fourth-order valence-electron chi connectivity index (χ4n) is 2.37. The topological polar surface area (TPSA) is 29.3 Å². The van der Waals surface area contributed by atoms with Crippen LogP contribution in [0.5, 0.6) is 0 Å². The molecule has 1 aromatic carbocycles. The first-order chi connectivity index (χ1) is 8.43. The summed E-state index contributed by atoms with van der Waals surface area (Å²) in [5.74, 6) is -1.01. The van der Waals surface area contributed by atoms with Crippen molar-refractivity contribution in [3.63, 3.8) is 0 Å². The van der Waals surface area contributed by atoms with Crippen LogP contribution in [0, 0.1) is 17.0 Å². The third-order valence-electron chi connectivity index (χ3n) is 3.75. The van der Waals surface area contributed by atoms with Crippen LogP contribution in [0.2, 0.25) is 0 Å². The van der Waals surface area contributed by atoms with Crippen LogP contribution in [0.4, 0.5) is 14.5 Å². The number of nitrogens with two attached hydrogens (primary N) is 1. The van der Waals surface area contributed by atoms with Crippen LogP contribution >= 0.6 is 0 Å². The Bertz CT molecular complexity index is 410. The Hall–Kier alpha value is -1.16. The Morgan fingerprint density at radius 2 is 1.67 bits per heavy atom. The largest absolute Gasteiger partial charge is 0.367 e. The third kappa shape index (κ3) is 2.64. The molecule has 0 spiro atoms. The number of piperidine rings is 1. The number of hydrogen-bond donors (Lipinski definition) is 1. The molecule has 1 aromatic rings. The Balaban J connectivity index is 2.24. The van der Waals surface area contributed by atoms with Crippen LogP contribution in [0.3, 0.4) is 0 Å². The van der Waals surface area contributed by atoms with E-state index < -0.39 is 11.6 Å². The second-order valence-corrected chi connectivity index (χ2v) is 5.76. The van der Waals surface area contributed by atoms with Gasteiger partial charge in [0.15, 0.2) is 0 Å². The first kappa shape index (κ1) is 13.3. The molecule has 2 N–H and O–H groups in total. The zero-order chi connectivity index (χ0) is 13.3. The molecule has 0 atom stereocenters. The molecule has 0 aliphatic carbocycles. The van der Waals surface area contributed by atoms with E-state index in [1.807, 2.05) is 0 Å². The van der Waals surface area contributed by atoms with Gasteiger partial charge in [-0.05, 0) is 36.0 Å². The van der Waals surface area contributed by atoms with Crippen LogP contribution in [0.1, 0.15) is 32.3 Å². The Labute approximate surface area is 107 Å². The second-order valence-electron chi connectivity index (χ2n) is 5.76. The first-order valence-electron chi connectivity index (χ1n) is 6.36. The maximum absolute atomic E-state index is 13.9. The number of nitrogens with zero attached hydrogens (tertiary/aromatic N) is 1. The predicted octanol–water partition coefficient (Wildman–Crippen LogP) is 3.05. The molecule has 0 amide bonds. The van der Waals surface area contributed by atoms with Gasteiger partial charge in [-0.25, -0.2) is 8.78 Å². The summed E-state index contributed by atoms with van der Waals surface area (Å²) >= 11 is 0. The van der Waals surface area contributed by atoms with Crippen LogP contribution in [-0.4, -0.2) is 13.1 Å². The molecule has 0 radical (unpaired) electrons. The van der Waals surface area contributed by atoms with E-state index in [2.05, 4.69) is 13.8 Å². The van der Waals surface area contributed by atoms with Gasteiger partial charge in [0, 0.05) is 19.6 Å². The number of halogens is 2. The standard InChI is InChI=1S/C14H20F2N2/c1-14(2)3-5-18(6-4-14)13-11(15)7-10(9-17)8-12(13)16/h7-8H,3-6,9,17H2,1-2H3. The number of benzene rings is 1. The lowest BCUT2D eigenvalue weighted by molar-refractivity contribution is 0.278. The summed E-state index contributed by atoms with van der Waals surface area (Å²) in [4.78, 5) is 1.80. The fourth-order valence-corrected chi connectivity index (χ4v) is 2.37. The first-order valence-corrected chi connectivity index (χ1v) is 6.36. The van der Waals surface area contributed by atoms with Crippen molar-refractivity contribution in [2.24, 2.45) is 11.1 Å². The van der Waals surface area contributed by atoms with Crippen molar-refractivity contribution in [2.75, 3.05) is 18.0 Å². The molecule has 2 rings (SSSR count). The lowest BCUT2D eigenvalue weighted by Crippen LogP contribution is -2.38. The van der Waals surface area contributed by atoms with Gasteiger partial charge < -0.3 is 10.6 Å². The van der Waals surface area contributed by atoms with Gasteiger partial charge in [-0.2, -0.15) is 0 Å². The highest BCUT2D eigenvalue weighted by Gasteiger charge is 2.28. The Morgan fingerprint density at radius 3 is 2.11 bits per heavy atom. The minimum absolute atomic E-state index is 0.0997. The molecule has 1 saturated heterocycles. The molecular weight excluding hydrogens is 234 g/mol. The van der Waals surface area contributed by atoms with Crippen LogP contribution in [-0.2, 0) is 6.54 Å². The van der Waals surface area contributed by atoms with E-state index >= 15 is 0 Å². The molecule has 4 heteroatoms. The molecule has 100 valence electrons. The van der Waals surface area contributed by atoms with Crippen molar-refractivity contribution in [2.45, 2.75) is 33.2 Å². The van der Waals surface area contributed by atoms with Crippen LogP contribution in [0.15, 0.2) is 12.1 Å². The molecule has 0 bridgehead atoms. The van der Waals surface area contributed by atoms with Crippen molar-refractivity contribution in [1.29, 1.82) is 0 Å². The van der Waals surface area contributed by atoms with Crippen molar-refractivity contribution in [3.8, 4) is 0 Å². The summed E-state index contributed by atoms with van der Waals surface area (Å²) in [5, 5.41) is 0. The Kier molecular flexibility index (Phi) is 3.57. The molecule has 2 nitrogen and oxygen atoms in total. The molecule has 1 heterocycles. The molecule has 1 aliphatic rings. The summed E-state index contributed by atoms with van der Waals surface area (Å²) in [5.41, 5.74) is 6.26. The highest BCUT2D eigenvalue weighted by molar-refractivity contribution is 5.51. The van der Waals surface area contributed by atoms with Gasteiger partial charge in [-0.3, -0.25) is 0 Å². The van der Waals surface area contributed by atoms with E-state index in [4.69, 9.17) is 5.73 Å². The molecule has 0 saturated carbocycles. The third-order valence-corrected chi connectivity index (χ3v) is 3.75.